The second-order valence-corrected chi connectivity index (χ2v) is 7.84. The van der Waals surface area contributed by atoms with Crippen LogP contribution in [0.4, 0.5) is 24.7 Å². The molecular formula is C21H24F3N7O3. The number of methoxy groups -OCH3 is 1. The number of piperidine rings is 1. The smallest absolute Gasteiger partial charge is 0.433 e. The summed E-state index contributed by atoms with van der Waals surface area (Å²) in [7, 11) is 1.65. The van der Waals surface area contributed by atoms with Crippen molar-refractivity contribution in [3.63, 3.8) is 0 Å². The Labute approximate surface area is 192 Å². The van der Waals surface area contributed by atoms with Gasteiger partial charge in [0, 0.05) is 38.7 Å². The summed E-state index contributed by atoms with van der Waals surface area (Å²) in [6.45, 7) is 3.06. The van der Waals surface area contributed by atoms with Gasteiger partial charge in [0.15, 0.2) is 11.5 Å². The van der Waals surface area contributed by atoms with Crippen LogP contribution in [0.5, 0.6) is 5.75 Å². The van der Waals surface area contributed by atoms with Crippen LogP contribution in [-0.4, -0.2) is 69.8 Å². The van der Waals surface area contributed by atoms with Gasteiger partial charge in [-0.25, -0.2) is 9.50 Å². The largest absolute Gasteiger partial charge is 0.487 e. The Bertz CT molecular complexity index is 1170. The van der Waals surface area contributed by atoms with E-state index in [1.54, 1.807) is 13.2 Å². The molecule has 0 saturated carbocycles. The van der Waals surface area contributed by atoms with Crippen LogP contribution in [-0.2, 0) is 10.9 Å². The number of halogens is 3. The molecule has 182 valence electrons. The van der Waals surface area contributed by atoms with Crippen LogP contribution in [0.15, 0.2) is 30.7 Å². The standard InChI is InChI=1S/C21H24F3N7O3/c1-33-10-9-30-7-2-3-13(12-30)34-15-4-6-26-11-14(15)27-20(32)17-18(25)29-31-8-5-16(21(22,23)24)28-19(17)31/h4-6,8,11,13H,2-3,7,9-10,12H2,1H3,(H2,25,29)(H,27,32). The van der Waals surface area contributed by atoms with Gasteiger partial charge in [0.25, 0.3) is 5.91 Å². The van der Waals surface area contributed by atoms with Crippen molar-refractivity contribution >= 4 is 23.1 Å². The summed E-state index contributed by atoms with van der Waals surface area (Å²) in [4.78, 5) is 22.8. The van der Waals surface area contributed by atoms with Crippen molar-refractivity contribution in [1.82, 2.24) is 24.5 Å². The van der Waals surface area contributed by atoms with E-state index < -0.39 is 17.8 Å². The summed E-state index contributed by atoms with van der Waals surface area (Å²) in [5.41, 5.74) is 4.35. The lowest BCUT2D eigenvalue weighted by Crippen LogP contribution is -2.42. The third-order valence-electron chi connectivity index (χ3n) is 5.43. The van der Waals surface area contributed by atoms with E-state index in [4.69, 9.17) is 15.2 Å². The number of carbonyl (C=O) groups excluding carboxylic acids is 1. The molecule has 0 aliphatic carbocycles. The molecule has 1 amide bonds. The Morgan fingerprint density at radius 2 is 2.18 bits per heavy atom. The van der Waals surface area contributed by atoms with Crippen molar-refractivity contribution in [2.45, 2.75) is 25.1 Å². The lowest BCUT2D eigenvalue weighted by atomic mass is 10.1. The number of fused-ring (bicyclic) bond motifs is 1. The number of likely N-dealkylation sites (tertiary alicyclic amines) is 1. The molecule has 3 aromatic heterocycles. The Kier molecular flexibility index (Phi) is 6.84. The van der Waals surface area contributed by atoms with Crippen molar-refractivity contribution in [3.05, 3.63) is 42.0 Å². The van der Waals surface area contributed by atoms with Gasteiger partial charge in [-0.3, -0.25) is 14.7 Å². The van der Waals surface area contributed by atoms with Crippen LogP contribution in [0.2, 0.25) is 0 Å². The van der Waals surface area contributed by atoms with Crippen molar-refractivity contribution in [2.24, 2.45) is 0 Å². The highest BCUT2D eigenvalue weighted by Crippen LogP contribution is 2.30. The van der Waals surface area contributed by atoms with Crippen LogP contribution < -0.4 is 15.8 Å². The number of nitrogens with zero attached hydrogens (tertiary/aromatic N) is 5. The first-order valence-electron chi connectivity index (χ1n) is 10.6. The number of aromatic nitrogens is 4. The fourth-order valence-electron chi connectivity index (χ4n) is 3.80. The fourth-order valence-corrected chi connectivity index (χ4v) is 3.80. The zero-order valence-corrected chi connectivity index (χ0v) is 18.4. The van der Waals surface area contributed by atoms with Crippen molar-refractivity contribution in [3.8, 4) is 5.75 Å². The maximum Gasteiger partial charge on any atom is 0.433 e. The van der Waals surface area contributed by atoms with E-state index in [1.165, 1.54) is 12.4 Å². The molecule has 13 heteroatoms. The molecule has 0 bridgehead atoms. The number of nitrogens with one attached hydrogen (secondary N) is 1. The van der Waals surface area contributed by atoms with E-state index in [-0.39, 0.29) is 28.8 Å². The highest BCUT2D eigenvalue weighted by atomic mass is 19.4. The van der Waals surface area contributed by atoms with Gasteiger partial charge >= 0.3 is 6.18 Å². The molecule has 1 aliphatic heterocycles. The quantitative estimate of drug-likeness (QED) is 0.530. The number of nitrogen functional groups attached to an aromatic ring is 1. The lowest BCUT2D eigenvalue weighted by molar-refractivity contribution is -0.141. The second-order valence-electron chi connectivity index (χ2n) is 7.84. The van der Waals surface area contributed by atoms with Gasteiger partial charge < -0.3 is 20.5 Å². The Morgan fingerprint density at radius 1 is 1.35 bits per heavy atom. The number of rotatable bonds is 7. The first kappa shape index (κ1) is 23.7. The predicted octanol–water partition coefficient (Wildman–Crippen LogP) is 2.47. The highest BCUT2D eigenvalue weighted by Gasteiger charge is 2.34. The van der Waals surface area contributed by atoms with Gasteiger partial charge in [0.05, 0.1) is 12.8 Å². The molecule has 1 saturated heterocycles. The molecule has 3 N–H and O–H groups in total. The van der Waals surface area contributed by atoms with Crippen LogP contribution >= 0.6 is 0 Å². The summed E-state index contributed by atoms with van der Waals surface area (Å²) in [6.07, 6.45) is 0.969. The molecule has 34 heavy (non-hydrogen) atoms. The molecule has 0 spiro atoms. The second kappa shape index (κ2) is 9.81. The number of hydrogen-bond donors (Lipinski definition) is 2. The normalized spacial score (nSPS) is 17.1. The van der Waals surface area contributed by atoms with E-state index in [1.807, 2.05) is 0 Å². The van der Waals surface area contributed by atoms with Gasteiger partial charge in [-0.2, -0.15) is 13.2 Å². The fraction of sp³-hybridized carbons (Fsp3) is 0.429. The monoisotopic (exact) mass is 479 g/mol. The van der Waals surface area contributed by atoms with Crippen LogP contribution in [0.1, 0.15) is 28.9 Å². The molecule has 0 aromatic carbocycles. The molecule has 3 aromatic rings. The number of carbonyl (C=O) groups is 1. The minimum Gasteiger partial charge on any atom is -0.487 e. The number of hydrogen-bond acceptors (Lipinski definition) is 8. The summed E-state index contributed by atoms with van der Waals surface area (Å²) >= 11 is 0. The first-order chi connectivity index (χ1) is 16.3. The van der Waals surface area contributed by atoms with Crippen LogP contribution in [0.25, 0.3) is 5.65 Å². The first-order valence-corrected chi connectivity index (χ1v) is 10.6. The molecule has 1 aliphatic rings. The number of amides is 1. The molecule has 1 fully saturated rings. The van der Waals surface area contributed by atoms with Gasteiger partial charge in [-0.05, 0) is 25.5 Å². The molecular weight excluding hydrogens is 455 g/mol. The molecule has 0 radical (unpaired) electrons. The molecule has 10 nitrogen and oxygen atoms in total. The number of nitrogens with two attached hydrogens (primary N) is 1. The maximum absolute atomic E-state index is 13.1. The van der Waals surface area contributed by atoms with E-state index in [0.29, 0.717) is 18.9 Å². The van der Waals surface area contributed by atoms with Gasteiger partial charge in [-0.1, -0.05) is 0 Å². The number of ether oxygens (including phenoxy) is 2. The van der Waals surface area contributed by atoms with E-state index in [2.05, 4.69) is 25.3 Å². The summed E-state index contributed by atoms with van der Waals surface area (Å²) in [5, 5.41) is 6.51. The SMILES string of the molecule is COCCN1CCCC(Oc2ccncc2NC(=O)c2c(N)nn3ccc(C(F)(F)F)nc23)C1. The van der Waals surface area contributed by atoms with Crippen molar-refractivity contribution in [2.75, 3.05) is 44.4 Å². The van der Waals surface area contributed by atoms with Crippen molar-refractivity contribution < 1.29 is 27.4 Å². The average molecular weight is 479 g/mol. The Morgan fingerprint density at radius 3 is 2.94 bits per heavy atom. The Balaban J connectivity index is 1.54. The summed E-state index contributed by atoms with van der Waals surface area (Å²) in [5.74, 6) is -0.639. The van der Waals surface area contributed by atoms with Crippen LogP contribution in [0, 0.1) is 0 Å². The third kappa shape index (κ3) is 5.20. The minimum atomic E-state index is -4.68. The topological polar surface area (TPSA) is 120 Å². The lowest BCUT2D eigenvalue weighted by Gasteiger charge is -2.33. The molecule has 1 atom stereocenters. The zero-order chi connectivity index (χ0) is 24.3. The number of pyridine rings is 1. The number of alkyl halides is 3. The van der Waals surface area contributed by atoms with Crippen molar-refractivity contribution in [1.29, 1.82) is 0 Å². The van der Waals surface area contributed by atoms with E-state index in [0.717, 1.165) is 42.7 Å². The van der Waals surface area contributed by atoms with Gasteiger partial charge in [-0.15, -0.1) is 5.10 Å². The van der Waals surface area contributed by atoms with E-state index in [9.17, 15) is 18.0 Å². The third-order valence-corrected chi connectivity index (χ3v) is 5.43. The predicted molar refractivity (Wildman–Crippen MR) is 117 cm³/mol. The molecule has 4 heterocycles. The van der Waals surface area contributed by atoms with Gasteiger partial charge in [0.2, 0.25) is 0 Å². The maximum atomic E-state index is 13.1. The summed E-state index contributed by atoms with van der Waals surface area (Å²) < 4.78 is 51.7. The molecule has 1 unspecified atom stereocenters. The summed E-state index contributed by atoms with van der Waals surface area (Å²) in [6, 6.07) is 2.37. The van der Waals surface area contributed by atoms with Crippen LogP contribution in [0.3, 0.4) is 0 Å². The average Bonchev–Trinajstić information content (AvgIpc) is 3.13. The van der Waals surface area contributed by atoms with E-state index >= 15 is 0 Å². The Hall–Kier alpha value is -3.45. The zero-order valence-electron chi connectivity index (χ0n) is 18.4. The number of anilines is 2. The highest BCUT2D eigenvalue weighted by molar-refractivity contribution is 6.12. The molecule has 4 rings (SSSR count). The minimum absolute atomic E-state index is 0.110. The van der Waals surface area contributed by atoms with Gasteiger partial charge in [0.1, 0.15) is 28.8 Å².